The molecule has 0 bridgehead atoms. The van der Waals surface area contributed by atoms with Gasteiger partial charge in [0.15, 0.2) is 5.13 Å². The second-order valence-electron chi connectivity index (χ2n) is 7.75. The Morgan fingerprint density at radius 3 is 2.48 bits per heavy atom. The topological polar surface area (TPSA) is 85.8 Å². The third-order valence-electron chi connectivity index (χ3n) is 5.27. The van der Waals surface area contributed by atoms with Crippen molar-refractivity contribution < 1.29 is 23.5 Å². The predicted octanol–water partition coefficient (Wildman–Crippen LogP) is 4.04. The zero-order valence-corrected chi connectivity index (χ0v) is 18.7. The molecule has 0 spiro atoms. The molecule has 0 aliphatic carbocycles. The number of nitrogens with one attached hydrogen (secondary N) is 1. The van der Waals surface area contributed by atoms with Gasteiger partial charge in [-0.25, -0.2) is 13.8 Å². The van der Waals surface area contributed by atoms with Crippen LogP contribution in [-0.4, -0.2) is 53.0 Å². The molecule has 4 rings (SSSR count). The highest BCUT2D eigenvalue weighted by atomic mass is 32.1. The minimum Gasteiger partial charge on any atom is -0.507 e. The van der Waals surface area contributed by atoms with Gasteiger partial charge in [0.25, 0.3) is 11.8 Å². The molecule has 0 saturated carbocycles. The van der Waals surface area contributed by atoms with E-state index in [9.17, 15) is 23.5 Å². The van der Waals surface area contributed by atoms with Crippen LogP contribution in [0.4, 0.5) is 19.6 Å². The van der Waals surface area contributed by atoms with Crippen molar-refractivity contribution in [3.8, 4) is 5.75 Å². The number of carbonyl (C=O) groups is 2. The zero-order valence-electron chi connectivity index (χ0n) is 17.8. The van der Waals surface area contributed by atoms with Crippen LogP contribution in [0.2, 0.25) is 0 Å². The normalized spacial score (nSPS) is 14.2. The predicted molar refractivity (Wildman–Crippen MR) is 122 cm³/mol. The molecule has 2 amide bonds. The van der Waals surface area contributed by atoms with Crippen LogP contribution in [0, 0.1) is 18.6 Å². The van der Waals surface area contributed by atoms with Crippen LogP contribution in [0.3, 0.4) is 0 Å². The van der Waals surface area contributed by atoms with E-state index in [1.54, 1.807) is 16.2 Å². The van der Waals surface area contributed by atoms with Crippen LogP contribution >= 0.6 is 11.3 Å². The van der Waals surface area contributed by atoms with E-state index in [1.807, 2.05) is 12.3 Å². The SMILES string of the molecule is Cc1csc(N2CCCN(C(=O)c3ccc(NC(=O)c4cc(F)cc(F)c4)cc3O)CC2)n1. The number of hydrogen-bond acceptors (Lipinski definition) is 6. The summed E-state index contributed by atoms with van der Waals surface area (Å²) in [5, 5.41) is 15.8. The third-order valence-corrected chi connectivity index (χ3v) is 6.29. The van der Waals surface area contributed by atoms with Crippen LogP contribution in [0.15, 0.2) is 41.8 Å². The number of benzene rings is 2. The number of aromatic hydroxyl groups is 1. The first-order valence-corrected chi connectivity index (χ1v) is 11.2. The van der Waals surface area contributed by atoms with E-state index in [0.717, 1.165) is 35.9 Å². The highest BCUT2D eigenvalue weighted by Crippen LogP contribution is 2.26. The fourth-order valence-corrected chi connectivity index (χ4v) is 4.50. The van der Waals surface area contributed by atoms with E-state index in [2.05, 4.69) is 15.2 Å². The lowest BCUT2D eigenvalue weighted by Gasteiger charge is -2.22. The Morgan fingerprint density at radius 1 is 1.06 bits per heavy atom. The first-order valence-electron chi connectivity index (χ1n) is 10.4. The Hall–Kier alpha value is -3.53. The summed E-state index contributed by atoms with van der Waals surface area (Å²) >= 11 is 1.58. The quantitative estimate of drug-likeness (QED) is 0.599. The van der Waals surface area contributed by atoms with Crippen LogP contribution in [0.5, 0.6) is 5.75 Å². The number of phenols is 1. The summed E-state index contributed by atoms with van der Waals surface area (Å²) in [5.74, 6) is -3.08. The average Bonchev–Trinajstić information content (AvgIpc) is 3.04. The lowest BCUT2D eigenvalue weighted by molar-refractivity contribution is 0.0764. The van der Waals surface area contributed by atoms with Crippen LogP contribution in [0.1, 0.15) is 32.8 Å². The summed E-state index contributed by atoms with van der Waals surface area (Å²) in [6.07, 6.45) is 0.767. The molecule has 10 heteroatoms. The summed E-state index contributed by atoms with van der Waals surface area (Å²) in [7, 11) is 0. The first kappa shape index (κ1) is 22.7. The molecule has 172 valence electrons. The maximum absolute atomic E-state index is 13.4. The zero-order chi connectivity index (χ0) is 23.5. The molecule has 1 saturated heterocycles. The second kappa shape index (κ2) is 9.53. The maximum Gasteiger partial charge on any atom is 0.257 e. The number of carbonyl (C=O) groups excluding carboxylic acids is 2. The van der Waals surface area contributed by atoms with Crippen molar-refractivity contribution in [2.45, 2.75) is 13.3 Å². The summed E-state index contributed by atoms with van der Waals surface area (Å²) in [6, 6.07) is 6.61. The van der Waals surface area contributed by atoms with Gasteiger partial charge in [0.1, 0.15) is 17.4 Å². The number of amides is 2. The first-order chi connectivity index (χ1) is 15.8. The van der Waals surface area contributed by atoms with E-state index in [0.29, 0.717) is 25.7 Å². The van der Waals surface area contributed by atoms with Crippen molar-refractivity contribution in [3.63, 3.8) is 0 Å². The number of rotatable bonds is 4. The smallest absolute Gasteiger partial charge is 0.257 e. The largest absolute Gasteiger partial charge is 0.507 e. The molecule has 3 aromatic rings. The Bertz CT molecular complexity index is 1180. The molecule has 1 fully saturated rings. The van der Waals surface area contributed by atoms with Gasteiger partial charge in [-0.05, 0) is 37.6 Å². The van der Waals surface area contributed by atoms with Crippen LogP contribution in [0.25, 0.3) is 0 Å². The van der Waals surface area contributed by atoms with Gasteiger partial charge in [-0.3, -0.25) is 9.59 Å². The second-order valence-corrected chi connectivity index (χ2v) is 8.58. The number of halogens is 2. The monoisotopic (exact) mass is 472 g/mol. The van der Waals surface area contributed by atoms with Gasteiger partial charge in [-0.1, -0.05) is 0 Å². The minimum atomic E-state index is -0.870. The van der Waals surface area contributed by atoms with Gasteiger partial charge in [0, 0.05) is 54.9 Å². The fraction of sp³-hybridized carbons (Fsp3) is 0.261. The summed E-state index contributed by atoms with van der Waals surface area (Å²) in [4.78, 5) is 33.6. The van der Waals surface area contributed by atoms with Crippen molar-refractivity contribution in [1.29, 1.82) is 0 Å². The van der Waals surface area contributed by atoms with Gasteiger partial charge in [-0.2, -0.15) is 0 Å². The van der Waals surface area contributed by atoms with Gasteiger partial charge < -0.3 is 20.2 Å². The summed E-state index contributed by atoms with van der Waals surface area (Å²) in [5.41, 5.74) is 1.08. The van der Waals surface area contributed by atoms with Gasteiger partial charge in [0.2, 0.25) is 0 Å². The van der Waals surface area contributed by atoms with Gasteiger partial charge in [0.05, 0.1) is 11.3 Å². The molecule has 2 heterocycles. The van der Waals surface area contributed by atoms with E-state index in [-0.39, 0.29) is 28.5 Å². The summed E-state index contributed by atoms with van der Waals surface area (Å²) in [6.45, 7) is 4.40. The molecule has 0 atom stereocenters. The number of thiazole rings is 1. The lowest BCUT2D eigenvalue weighted by atomic mass is 10.1. The number of nitrogens with zero attached hydrogens (tertiary/aromatic N) is 3. The molecular weight excluding hydrogens is 450 g/mol. The standard InChI is InChI=1S/C23H22F2N4O3S/c1-14-13-33-23(26-14)29-6-2-5-28(7-8-29)22(32)19-4-3-18(12-20(19)30)27-21(31)15-9-16(24)11-17(25)10-15/h3-4,9-13,30H,2,5-8H2,1H3,(H,27,31). The Kier molecular flexibility index (Phi) is 6.55. The average molecular weight is 473 g/mol. The molecule has 1 aliphatic rings. The van der Waals surface area contributed by atoms with Gasteiger partial charge >= 0.3 is 0 Å². The number of anilines is 2. The molecule has 7 nitrogen and oxygen atoms in total. The van der Waals surface area contributed by atoms with Crippen molar-refractivity contribution in [2.24, 2.45) is 0 Å². The van der Waals surface area contributed by atoms with E-state index < -0.39 is 17.5 Å². The molecule has 33 heavy (non-hydrogen) atoms. The Morgan fingerprint density at radius 2 is 1.82 bits per heavy atom. The highest BCUT2D eigenvalue weighted by Gasteiger charge is 2.24. The Balaban J connectivity index is 1.43. The number of aromatic nitrogens is 1. The molecule has 0 radical (unpaired) electrons. The fourth-order valence-electron chi connectivity index (χ4n) is 3.65. The molecule has 1 aromatic heterocycles. The Labute approximate surface area is 193 Å². The number of phenolic OH excluding ortho intramolecular Hbond substituents is 1. The van der Waals surface area contributed by atoms with Crippen LogP contribution in [-0.2, 0) is 0 Å². The van der Waals surface area contributed by atoms with Gasteiger partial charge in [-0.15, -0.1) is 11.3 Å². The molecule has 2 aromatic carbocycles. The van der Waals surface area contributed by atoms with E-state index >= 15 is 0 Å². The molecule has 2 N–H and O–H groups in total. The van der Waals surface area contributed by atoms with Crippen LogP contribution < -0.4 is 10.2 Å². The lowest BCUT2D eigenvalue weighted by Crippen LogP contribution is -2.35. The van der Waals surface area contributed by atoms with Crippen molar-refractivity contribution in [3.05, 3.63) is 70.2 Å². The number of aryl methyl sites for hydroxylation is 1. The van der Waals surface area contributed by atoms with Crippen molar-refractivity contribution in [1.82, 2.24) is 9.88 Å². The molecule has 1 aliphatic heterocycles. The van der Waals surface area contributed by atoms with Crippen molar-refractivity contribution in [2.75, 3.05) is 36.4 Å². The third kappa shape index (κ3) is 5.28. The van der Waals surface area contributed by atoms with Crippen molar-refractivity contribution >= 4 is 34.0 Å². The van der Waals surface area contributed by atoms with E-state index in [1.165, 1.54) is 18.2 Å². The summed E-state index contributed by atoms with van der Waals surface area (Å²) < 4.78 is 26.7. The number of hydrogen-bond donors (Lipinski definition) is 2. The van der Waals surface area contributed by atoms with E-state index in [4.69, 9.17) is 0 Å². The highest BCUT2D eigenvalue weighted by molar-refractivity contribution is 7.13. The minimum absolute atomic E-state index is 0.114. The molecule has 0 unspecified atom stereocenters. The molecular formula is C23H22F2N4O3S. The maximum atomic E-state index is 13.4.